The van der Waals surface area contributed by atoms with Crippen molar-refractivity contribution in [3.05, 3.63) is 245 Å². The average Bonchev–Trinajstić information content (AvgIpc) is 3.85. The zero-order chi connectivity index (χ0) is 45.1. The molecule has 0 N–H and O–H groups in total. The van der Waals surface area contributed by atoms with Gasteiger partial charge in [-0.15, -0.1) is 0 Å². The van der Waals surface area contributed by atoms with Crippen molar-refractivity contribution in [2.24, 2.45) is 15.9 Å². The summed E-state index contributed by atoms with van der Waals surface area (Å²) in [6.45, 7) is 2.34. The molecule has 3 heterocycles. The molecule has 0 fully saturated rings. The molecule has 0 amide bonds. The maximum atomic E-state index is 5.72. The van der Waals surface area contributed by atoms with E-state index in [0.717, 1.165) is 61.3 Å². The van der Waals surface area contributed by atoms with E-state index >= 15 is 0 Å². The Morgan fingerprint density at radius 3 is 2.28 bits per heavy atom. The maximum absolute atomic E-state index is 5.72. The summed E-state index contributed by atoms with van der Waals surface area (Å²) in [5, 5.41) is 3.83. The summed E-state index contributed by atoms with van der Waals surface area (Å²) in [4.78, 5) is 11.3. The van der Waals surface area contributed by atoms with E-state index in [4.69, 9.17) is 9.98 Å². The smallest absolute Gasteiger partial charge is 0.159 e. The van der Waals surface area contributed by atoms with Crippen LogP contribution in [0.15, 0.2) is 216 Å². The number of fused-ring (bicyclic) bond motifs is 10. The molecule has 0 spiro atoms. The first-order valence-electron chi connectivity index (χ1n) is 24.6. The lowest BCUT2D eigenvalue weighted by Gasteiger charge is -2.24. The van der Waals surface area contributed by atoms with Gasteiger partial charge >= 0.3 is 0 Å². The van der Waals surface area contributed by atoms with Gasteiger partial charge in [0.2, 0.25) is 0 Å². The topological polar surface area (TPSA) is 34.6 Å². The number of hydrogen-bond donors (Lipinski definition) is 0. The Morgan fingerprint density at radius 1 is 0.588 bits per heavy atom. The van der Waals surface area contributed by atoms with Gasteiger partial charge in [-0.05, 0) is 109 Å². The molecule has 3 atom stereocenters. The quantitative estimate of drug-likeness (QED) is 0.160. The Morgan fingerprint density at radius 2 is 1.40 bits per heavy atom. The summed E-state index contributed by atoms with van der Waals surface area (Å²) < 4.78 is 5.05. The number of aromatic nitrogens is 2. The molecule has 4 nitrogen and oxygen atoms in total. The number of aliphatic imine (C=N–C) groups is 2. The van der Waals surface area contributed by atoms with Crippen molar-refractivity contribution >= 4 is 50.3 Å². The summed E-state index contributed by atoms with van der Waals surface area (Å²) in [7, 11) is 0. The van der Waals surface area contributed by atoms with E-state index in [0.29, 0.717) is 5.92 Å². The lowest BCUT2D eigenvalue weighted by atomic mass is 9.85. The minimum Gasteiger partial charge on any atom is -0.312 e. The van der Waals surface area contributed by atoms with Crippen molar-refractivity contribution in [1.82, 2.24) is 9.13 Å². The third-order valence-corrected chi connectivity index (χ3v) is 15.0. The summed E-state index contributed by atoms with van der Waals surface area (Å²) in [5.74, 6) is 1.39. The van der Waals surface area contributed by atoms with Crippen LogP contribution in [0.25, 0.3) is 61.3 Å². The molecular weight excluding hydrogens is 825 g/mol. The number of para-hydroxylation sites is 2. The molecule has 4 heteroatoms. The molecule has 7 aromatic carbocycles. The van der Waals surface area contributed by atoms with Gasteiger partial charge < -0.3 is 9.13 Å². The minimum atomic E-state index is 0.0566. The number of hydrogen-bond acceptors (Lipinski definition) is 2. The van der Waals surface area contributed by atoms with E-state index in [2.05, 4.69) is 222 Å². The van der Waals surface area contributed by atoms with Crippen LogP contribution in [0.5, 0.6) is 0 Å². The Balaban J connectivity index is 1.01. The van der Waals surface area contributed by atoms with Gasteiger partial charge in [0, 0.05) is 73.4 Å². The van der Waals surface area contributed by atoms with E-state index in [9.17, 15) is 0 Å². The molecule has 1 aliphatic heterocycles. The van der Waals surface area contributed by atoms with E-state index in [1.165, 1.54) is 88.7 Å². The first-order valence-corrected chi connectivity index (χ1v) is 24.6. The molecule has 4 aliphatic rings. The van der Waals surface area contributed by atoms with Crippen molar-refractivity contribution < 1.29 is 0 Å². The average molecular weight is 877 g/mol. The van der Waals surface area contributed by atoms with Crippen LogP contribution in [-0.4, -0.2) is 20.7 Å². The second kappa shape index (κ2) is 16.8. The first kappa shape index (κ1) is 40.5. The van der Waals surface area contributed by atoms with E-state index in [1.54, 1.807) is 0 Å². The Labute approximate surface area is 398 Å². The first-order chi connectivity index (χ1) is 33.7. The molecule has 0 saturated carbocycles. The van der Waals surface area contributed by atoms with E-state index in [1.807, 2.05) is 0 Å². The highest BCUT2D eigenvalue weighted by Crippen LogP contribution is 2.49. The van der Waals surface area contributed by atoms with Gasteiger partial charge in [0.15, 0.2) is 5.84 Å². The molecule has 2 aromatic heterocycles. The highest BCUT2D eigenvalue weighted by Gasteiger charge is 2.32. The third kappa shape index (κ3) is 6.81. The van der Waals surface area contributed by atoms with Gasteiger partial charge in [-0.2, -0.15) is 0 Å². The van der Waals surface area contributed by atoms with Crippen molar-refractivity contribution in [2.45, 2.75) is 57.3 Å². The van der Waals surface area contributed by atoms with Crippen LogP contribution in [0.4, 0.5) is 0 Å². The summed E-state index contributed by atoms with van der Waals surface area (Å²) in [5.41, 5.74) is 19.9. The second-order valence-corrected chi connectivity index (χ2v) is 19.0. The van der Waals surface area contributed by atoms with Gasteiger partial charge in [0.1, 0.15) is 0 Å². The van der Waals surface area contributed by atoms with Crippen LogP contribution >= 0.6 is 0 Å². The van der Waals surface area contributed by atoms with Crippen LogP contribution < -0.4 is 0 Å². The highest BCUT2D eigenvalue weighted by molar-refractivity contribution is 6.14. The lowest BCUT2D eigenvalue weighted by Crippen LogP contribution is -2.18. The molecule has 3 unspecified atom stereocenters. The SMILES string of the molecule is CC1C/C=C(C2CCc3ccccc3-c3c2ccc2c4c(n(-c5ccc6c(c5)c5ccccc5n6-c5ccccc5)c32)CCC=C4)/N=C(c2ccccc2)\N=C/1c1cccc(C2C=CC=CC2)c1. The predicted octanol–water partition coefficient (Wildman–Crippen LogP) is 15.8. The zero-order valence-electron chi connectivity index (χ0n) is 38.4. The Kier molecular flexibility index (Phi) is 10.00. The number of rotatable bonds is 6. The largest absolute Gasteiger partial charge is 0.312 e. The van der Waals surface area contributed by atoms with Gasteiger partial charge in [-0.3, -0.25) is 0 Å². The molecule has 9 aromatic rings. The normalized spacial score (nSPS) is 21.1. The van der Waals surface area contributed by atoms with Crippen molar-refractivity contribution in [2.75, 3.05) is 0 Å². The predicted molar refractivity (Wildman–Crippen MR) is 285 cm³/mol. The number of aryl methyl sites for hydroxylation is 1. The molecule has 13 rings (SSSR count). The fourth-order valence-corrected chi connectivity index (χ4v) is 11.7. The van der Waals surface area contributed by atoms with Gasteiger partial charge in [0.05, 0.1) is 22.3 Å². The van der Waals surface area contributed by atoms with E-state index < -0.39 is 0 Å². The van der Waals surface area contributed by atoms with Gasteiger partial charge in [-0.25, -0.2) is 9.98 Å². The van der Waals surface area contributed by atoms with Gasteiger partial charge in [0.25, 0.3) is 0 Å². The fourth-order valence-electron chi connectivity index (χ4n) is 11.7. The number of amidine groups is 1. The summed E-state index contributed by atoms with van der Waals surface area (Å²) in [6, 6.07) is 60.6. The Bertz CT molecular complexity index is 3640. The molecule has 0 radical (unpaired) electrons. The molecule has 328 valence electrons. The third-order valence-electron chi connectivity index (χ3n) is 15.0. The molecule has 68 heavy (non-hydrogen) atoms. The monoisotopic (exact) mass is 876 g/mol. The molecular formula is C64H52N4. The summed E-state index contributed by atoms with van der Waals surface area (Å²) in [6.07, 6.45) is 21.9. The highest BCUT2D eigenvalue weighted by atomic mass is 15.0. The molecule has 0 saturated heterocycles. The number of allylic oxidation sites excluding steroid dienone is 7. The zero-order valence-corrected chi connectivity index (χ0v) is 38.4. The fraction of sp³-hybridized carbons (Fsp3) is 0.156. The van der Waals surface area contributed by atoms with Gasteiger partial charge in [-0.1, -0.05) is 171 Å². The standard InChI is InChI=1S/C64H52N4/c1-42-32-38-57(65-64(45-21-7-3-8-22-45)66-62(42)47-24-17-23-46(40-47)43-18-5-2-6-19-43)51-35-33-44-20-11-12-27-50(44)61-54(51)36-37-55-52-28-13-16-31-59(52)68(63(55)61)49-34-39-60-56(41-49)53-29-14-15-30-58(53)67(60)48-25-9-4-10-26-48/h2-15,17-18,20-30,34,36-43,51H,16,19,31-33,35H2,1H3/b57-38+,65-64-,66-62+. The lowest BCUT2D eigenvalue weighted by molar-refractivity contribution is 0.690. The van der Waals surface area contributed by atoms with Crippen LogP contribution in [0, 0.1) is 5.92 Å². The number of benzene rings is 7. The second-order valence-electron chi connectivity index (χ2n) is 19.0. The van der Waals surface area contributed by atoms with Crippen molar-refractivity contribution in [3.8, 4) is 22.5 Å². The number of nitrogens with zero attached hydrogens (tertiary/aromatic N) is 4. The maximum Gasteiger partial charge on any atom is 0.159 e. The van der Waals surface area contributed by atoms with Crippen molar-refractivity contribution in [3.63, 3.8) is 0 Å². The molecule has 0 bridgehead atoms. The molecule has 3 aliphatic carbocycles. The van der Waals surface area contributed by atoms with Crippen LogP contribution in [0.3, 0.4) is 0 Å². The minimum absolute atomic E-state index is 0.0566. The van der Waals surface area contributed by atoms with E-state index in [-0.39, 0.29) is 11.8 Å². The van der Waals surface area contributed by atoms with Crippen LogP contribution in [0.2, 0.25) is 0 Å². The van der Waals surface area contributed by atoms with Crippen molar-refractivity contribution in [1.29, 1.82) is 0 Å². The summed E-state index contributed by atoms with van der Waals surface area (Å²) >= 11 is 0. The van der Waals surface area contributed by atoms with Crippen LogP contribution in [-0.2, 0) is 12.8 Å². The van der Waals surface area contributed by atoms with Crippen LogP contribution in [0.1, 0.15) is 83.5 Å². The Hall–Kier alpha value is -7.82.